The quantitative estimate of drug-likeness (QED) is 0.470. The normalized spacial score (nSPS) is 37.3. The zero-order valence-corrected chi connectivity index (χ0v) is 17.1. The maximum absolute atomic E-state index is 6.09. The maximum Gasteiger partial charge on any atom is 0.0406 e. The van der Waals surface area contributed by atoms with E-state index in [1.54, 1.807) is 0 Å². The summed E-state index contributed by atoms with van der Waals surface area (Å²) in [5, 5.41) is 0.870. The summed E-state index contributed by atoms with van der Waals surface area (Å²) in [5.41, 5.74) is 1.53. The van der Waals surface area contributed by atoms with Crippen LogP contribution in [0.3, 0.4) is 0 Å². The zero-order chi connectivity index (χ0) is 17.9. The first-order valence-electron chi connectivity index (χ1n) is 11.1. The van der Waals surface area contributed by atoms with Gasteiger partial charge in [-0.3, -0.25) is 0 Å². The van der Waals surface area contributed by atoms with Crippen molar-refractivity contribution in [3.63, 3.8) is 0 Å². The van der Waals surface area contributed by atoms with Gasteiger partial charge in [-0.2, -0.15) is 0 Å². The minimum Gasteiger partial charge on any atom is -0.0917 e. The van der Waals surface area contributed by atoms with E-state index in [-0.39, 0.29) is 0 Å². The lowest BCUT2D eigenvalue weighted by Gasteiger charge is -2.51. The molecule has 0 N–H and O–H groups in total. The molecule has 6 unspecified atom stereocenters. The molecule has 6 atom stereocenters. The lowest BCUT2D eigenvalue weighted by atomic mass is 9.55. The number of benzene rings is 1. The van der Waals surface area contributed by atoms with Crippen LogP contribution in [-0.4, -0.2) is 0 Å². The summed E-state index contributed by atoms with van der Waals surface area (Å²) in [5.74, 6) is 5.92. The molecule has 3 saturated carbocycles. The Morgan fingerprint density at radius 3 is 2.31 bits per heavy atom. The molecule has 4 rings (SSSR count). The molecular formula is C25H35Cl. The fourth-order valence-corrected chi connectivity index (χ4v) is 6.82. The van der Waals surface area contributed by atoms with Gasteiger partial charge >= 0.3 is 0 Å². The van der Waals surface area contributed by atoms with E-state index in [2.05, 4.69) is 43.3 Å². The van der Waals surface area contributed by atoms with Crippen molar-refractivity contribution in [2.24, 2.45) is 29.6 Å². The minimum absolute atomic E-state index is 0.780. The smallest absolute Gasteiger partial charge is 0.0406 e. The Bertz CT molecular complexity index is 601. The van der Waals surface area contributed by atoms with Gasteiger partial charge in [-0.05, 0) is 118 Å². The van der Waals surface area contributed by atoms with Gasteiger partial charge in [0.1, 0.15) is 0 Å². The Morgan fingerprint density at radius 2 is 1.58 bits per heavy atom. The van der Waals surface area contributed by atoms with Crippen LogP contribution in [0.25, 0.3) is 0 Å². The molecular weight excluding hydrogens is 336 g/mol. The van der Waals surface area contributed by atoms with Gasteiger partial charge in [-0.15, -0.1) is 0 Å². The number of hydrogen-bond donors (Lipinski definition) is 0. The third-order valence-corrected chi connectivity index (χ3v) is 8.22. The van der Waals surface area contributed by atoms with E-state index in [0.717, 1.165) is 40.5 Å². The van der Waals surface area contributed by atoms with Gasteiger partial charge < -0.3 is 0 Å². The van der Waals surface area contributed by atoms with Gasteiger partial charge in [0.15, 0.2) is 0 Å². The molecule has 0 saturated heterocycles. The molecule has 3 fully saturated rings. The number of fused-ring (bicyclic) bond motifs is 3. The lowest BCUT2D eigenvalue weighted by Crippen LogP contribution is -2.41. The Kier molecular flexibility index (Phi) is 6.09. The number of allylic oxidation sites excluding steroid dienone is 2. The molecule has 0 radical (unpaired) electrons. The molecule has 0 nitrogen and oxygen atoms in total. The largest absolute Gasteiger partial charge is 0.0917 e. The molecule has 0 heterocycles. The van der Waals surface area contributed by atoms with Gasteiger partial charge in [0.25, 0.3) is 0 Å². The second-order valence-electron chi connectivity index (χ2n) is 9.31. The molecule has 0 spiro atoms. The van der Waals surface area contributed by atoms with Crippen LogP contribution in [0.4, 0.5) is 0 Å². The van der Waals surface area contributed by atoms with Crippen molar-refractivity contribution in [1.82, 2.24) is 0 Å². The van der Waals surface area contributed by atoms with Crippen LogP contribution in [0.15, 0.2) is 36.4 Å². The molecule has 1 aromatic rings. The van der Waals surface area contributed by atoms with E-state index in [1.165, 1.54) is 69.8 Å². The summed E-state index contributed by atoms with van der Waals surface area (Å²) < 4.78 is 0. The van der Waals surface area contributed by atoms with E-state index in [0.29, 0.717) is 0 Å². The Hall–Kier alpha value is -0.750. The van der Waals surface area contributed by atoms with Crippen molar-refractivity contribution in [3.8, 4) is 0 Å². The third-order valence-electron chi connectivity index (χ3n) is 7.97. The fourth-order valence-electron chi connectivity index (χ4n) is 6.69. The summed E-state index contributed by atoms with van der Waals surface area (Å²) in [6.07, 6.45) is 19.2. The molecule has 142 valence electrons. The molecule has 1 aromatic carbocycles. The highest BCUT2D eigenvalue weighted by Crippen LogP contribution is 2.55. The number of rotatable bonds is 4. The van der Waals surface area contributed by atoms with Crippen LogP contribution in [0, 0.1) is 29.6 Å². The topological polar surface area (TPSA) is 0 Å². The Morgan fingerprint density at radius 1 is 0.885 bits per heavy atom. The summed E-state index contributed by atoms with van der Waals surface area (Å²) in [7, 11) is 0. The molecule has 3 aliphatic carbocycles. The second kappa shape index (κ2) is 8.51. The summed E-state index contributed by atoms with van der Waals surface area (Å²) in [6, 6.07) is 8.70. The van der Waals surface area contributed by atoms with Crippen molar-refractivity contribution >= 4 is 11.6 Å². The standard InChI is InChI=1S/C25H35Cl/c1-2-3-4-5-18-6-14-24-21(16-18)7-8-22-17-20(11-15-25(22)24)19-9-12-23(26)13-10-19/h2-3,9-10,12-13,18,20-22,24-25H,4-8,11,14-17H2,1H3/b3-2+. The van der Waals surface area contributed by atoms with E-state index in [1.807, 2.05) is 0 Å². The molecule has 3 aliphatic rings. The van der Waals surface area contributed by atoms with Crippen LogP contribution in [0.1, 0.15) is 82.6 Å². The summed E-state index contributed by atoms with van der Waals surface area (Å²) in [6.45, 7) is 2.15. The zero-order valence-electron chi connectivity index (χ0n) is 16.4. The van der Waals surface area contributed by atoms with E-state index in [4.69, 9.17) is 11.6 Å². The van der Waals surface area contributed by atoms with E-state index in [9.17, 15) is 0 Å². The highest BCUT2D eigenvalue weighted by molar-refractivity contribution is 6.30. The van der Waals surface area contributed by atoms with Crippen molar-refractivity contribution in [1.29, 1.82) is 0 Å². The highest BCUT2D eigenvalue weighted by Gasteiger charge is 2.44. The third kappa shape index (κ3) is 4.06. The van der Waals surface area contributed by atoms with E-state index >= 15 is 0 Å². The first-order chi connectivity index (χ1) is 12.7. The van der Waals surface area contributed by atoms with E-state index < -0.39 is 0 Å². The molecule has 0 aromatic heterocycles. The lowest BCUT2D eigenvalue weighted by molar-refractivity contribution is 0.00566. The van der Waals surface area contributed by atoms with Crippen molar-refractivity contribution in [2.45, 2.75) is 77.0 Å². The first-order valence-corrected chi connectivity index (χ1v) is 11.5. The second-order valence-corrected chi connectivity index (χ2v) is 9.75. The average Bonchev–Trinajstić information content (AvgIpc) is 2.68. The highest BCUT2D eigenvalue weighted by atomic mass is 35.5. The van der Waals surface area contributed by atoms with Crippen molar-refractivity contribution in [3.05, 3.63) is 47.0 Å². The fraction of sp³-hybridized carbons (Fsp3) is 0.680. The van der Waals surface area contributed by atoms with Crippen LogP contribution >= 0.6 is 11.6 Å². The number of halogens is 1. The van der Waals surface area contributed by atoms with Crippen molar-refractivity contribution in [2.75, 3.05) is 0 Å². The predicted octanol–water partition coefficient (Wildman–Crippen LogP) is 8.02. The predicted molar refractivity (Wildman–Crippen MR) is 113 cm³/mol. The summed E-state index contributed by atoms with van der Waals surface area (Å²) >= 11 is 6.09. The van der Waals surface area contributed by atoms with Crippen LogP contribution in [-0.2, 0) is 0 Å². The Labute approximate surface area is 165 Å². The summed E-state index contributed by atoms with van der Waals surface area (Å²) in [4.78, 5) is 0. The first kappa shape index (κ1) is 18.6. The van der Waals surface area contributed by atoms with Gasteiger partial charge in [0, 0.05) is 5.02 Å². The van der Waals surface area contributed by atoms with Gasteiger partial charge in [-0.1, -0.05) is 42.3 Å². The molecule has 0 amide bonds. The average molecular weight is 371 g/mol. The van der Waals surface area contributed by atoms with Crippen LogP contribution in [0.2, 0.25) is 5.02 Å². The van der Waals surface area contributed by atoms with Crippen LogP contribution in [0.5, 0.6) is 0 Å². The SMILES string of the molecule is C/C=C/CCC1CCC2C(CCC3CC(c4ccc(Cl)cc4)CCC32)C1. The van der Waals surface area contributed by atoms with Gasteiger partial charge in [-0.25, -0.2) is 0 Å². The van der Waals surface area contributed by atoms with Crippen LogP contribution < -0.4 is 0 Å². The molecule has 1 heteroatoms. The Balaban J connectivity index is 1.35. The number of hydrogen-bond acceptors (Lipinski definition) is 0. The maximum atomic E-state index is 6.09. The monoisotopic (exact) mass is 370 g/mol. The molecule has 0 bridgehead atoms. The van der Waals surface area contributed by atoms with Gasteiger partial charge in [0.2, 0.25) is 0 Å². The van der Waals surface area contributed by atoms with Gasteiger partial charge in [0.05, 0.1) is 0 Å². The molecule has 26 heavy (non-hydrogen) atoms. The van der Waals surface area contributed by atoms with Crippen molar-refractivity contribution < 1.29 is 0 Å². The minimum atomic E-state index is 0.780. The molecule has 0 aliphatic heterocycles.